The fourth-order valence-electron chi connectivity index (χ4n) is 2.69. The maximum Gasteiger partial charge on any atom is 0.233 e. The molecule has 1 aromatic rings. The van der Waals surface area contributed by atoms with Crippen LogP contribution >= 0.6 is 0 Å². The van der Waals surface area contributed by atoms with Crippen molar-refractivity contribution in [1.82, 2.24) is 15.5 Å². The second kappa shape index (κ2) is 5.74. The highest BCUT2D eigenvalue weighted by molar-refractivity contribution is 5.95. The minimum absolute atomic E-state index is 0.0983. The molecule has 1 saturated heterocycles. The summed E-state index contributed by atoms with van der Waals surface area (Å²) in [6, 6.07) is 1.92. The number of H-pyrrole nitrogens is 1. The van der Waals surface area contributed by atoms with Gasteiger partial charge in [-0.05, 0) is 25.3 Å². The number of nitrogens with zero attached hydrogens (tertiary/aromatic N) is 1. The van der Waals surface area contributed by atoms with Crippen LogP contribution in [0.4, 0.5) is 5.82 Å². The summed E-state index contributed by atoms with van der Waals surface area (Å²) in [5.74, 6) is 1.12. The molecule has 2 heterocycles. The number of rotatable bonds is 5. The van der Waals surface area contributed by atoms with Gasteiger partial charge in [0, 0.05) is 18.3 Å². The first-order chi connectivity index (χ1) is 9.07. The second-order valence-corrected chi connectivity index (χ2v) is 5.77. The molecule has 1 atom stereocenters. The molecule has 1 amide bonds. The van der Waals surface area contributed by atoms with Gasteiger partial charge in [-0.15, -0.1) is 0 Å². The highest BCUT2D eigenvalue weighted by Crippen LogP contribution is 2.32. The molecule has 2 rings (SSSR count). The largest absolute Gasteiger partial charge is 0.316 e. The fraction of sp³-hybridized carbons (Fsp3) is 0.714. The van der Waals surface area contributed by atoms with E-state index in [1.54, 1.807) is 0 Å². The smallest absolute Gasteiger partial charge is 0.233 e. The van der Waals surface area contributed by atoms with Gasteiger partial charge in [-0.1, -0.05) is 27.2 Å². The third-order valence-corrected chi connectivity index (χ3v) is 3.92. The van der Waals surface area contributed by atoms with Crippen LogP contribution in [0.1, 0.15) is 51.6 Å². The van der Waals surface area contributed by atoms with Crippen LogP contribution in [0.2, 0.25) is 0 Å². The molecule has 19 heavy (non-hydrogen) atoms. The predicted molar refractivity (Wildman–Crippen MR) is 76.1 cm³/mol. The standard InChI is InChI=1S/C14H24N4O/c1-4-5-14(6-7-15-9-14)13(19)16-12-8-11(10(2)3)17-18-12/h8,10,15H,4-7,9H2,1-3H3,(H2,16,17,18,19). The second-order valence-electron chi connectivity index (χ2n) is 5.77. The lowest BCUT2D eigenvalue weighted by atomic mass is 9.81. The number of hydrogen-bond donors (Lipinski definition) is 3. The number of aromatic amines is 1. The molecule has 1 aliphatic heterocycles. The van der Waals surface area contributed by atoms with Gasteiger partial charge in [0.05, 0.1) is 5.41 Å². The van der Waals surface area contributed by atoms with Gasteiger partial charge >= 0.3 is 0 Å². The molecule has 0 spiro atoms. The summed E-state index contributed by atoms with van der Waals surface area (Å²) in [6.07, 6.45) is 2.86. The Morgan fingerprint density at radius 1 is 1.58 bits per heavy atom. The Morgan fingerprint density at radius 3 is 2.89 bits per heavy atom. The molecule has 0 radical (unpaired) electrons. The lowest BCUT2D eigenvalue weighted by Gasteiger charge is -2.25. The molecule has 106 valence electrons. The van der Waals surface area contributed by atoms with Crippen molar-refractivity contribution in [1.29, 1.82) is 0 Å². The molecule has 0 aliphatic carbocycles. The number of hydrogen-bond acceptors (Lipinski definition) is 3. The van der Waals surface area contributed by atoms with E-state index in [0.717, 1.165) is 38.0 Å². The van der Waals surface area contributed by atoms with Gasteiger partial charge in [0.25, 0.3) is 0 Å². The van der Waals surface area contributed by atoms with Crippen LogP contribution in [0.3, 0.4) is 0 Å². The summed E-state index contributed by atoms with van der Waals surface area (Å²) in [6.45, 7) is 8.01. The average molecular weight is 264 g/mol. The first kappa shape index (κ1) is 14.1. The van der Waals surface area contributed by atoms with Gasteiger partial charge in [-0.3, -0.25) is 9.89 Å². The van der Waals surface area contributed by atoms with E-state index < -0.39 is 0 Å². The lowest BCUT2D eigenvalue weighted by molar-refractivity contribution is -0.125. The van der Waals surface area contributed by atoms with Crippen LogP contribution in [-0.4, -0.2) is 29.2 Å². The molecule has 1 aromatic heterocycles. The summed E-state index contributed by atoms with van der Waals surface area (Å²) in [5, 5.41) is 13.4. The SMILES string of the molecule is CCCC1(C(=O)Nc2cc(C(C)C)[nH]n2)CCNC1. The number of anilines is 1. The summed E-state index contributed by atoms with van der Waals surface area (Å²) < 4.78 is 0. The highest BCUT2D eigenvalue weighted by atomic mass is 16.2. The number of aromatic nitrogens is 2. The molecule has 1 unspecified atom stereocenters. The summed E-state index contributed by atoms with van der Waals surface area (Å²) in [5.41, 5.74) is 0.787. The zero-order valence-electron chi connectivity index (χ0n) is 12.0. The van der Waals surface area contributed by atoms with E-state index in [4.69, 9.17) is 0 Å². The Balaban J connectivity index is 2.06. The van der Waals surface area contributed by atoms with Crippen molar-refractivity contribution in [3.63, 3.8) is 0 Å². The van der Waals surface area contributed by atoms with Crippen molar-refractivity contribution in [2.24, 2.45) is 5.41 Å². The molecular weight excluding hydrogens is 240 g/mol. The van der Waals surface area contributed by atoms with Gasteiger partial charge in [0.2, 0.25) is 5.91 Å². The number of amides is 1. The first-order valence-electron chi connectivity index (χ1n) is 7.15. The molecule has 1 fully saturated rings. The maximum atomic E-state index is 12.5. The van der Waals surface area contributed by atoms with E-state index in [1.165, 1.54) is 0 Å². The van der Waals surface area contributed by atoms with E-state index in [-0.39, 0.29) is 11.3 Å². The Kier molecular flexibility index (Phi) is 4.24. The van der Waals surface area contributed by atoms with Gasteiger partial charge < -0.3 is 10.6 Å². The van der Waals surface area contributed by atoms with Crippen LogP contribution < -0.4 is 10.6 Å². The number of nitrogens with one attached hydrogen (secondary N) is 3. The molecule has 5 nitrogen and oxygen atoms in total. The molecule has 0 saturated carbocycles. The normalized spacial score (nSPS) is 22.9. The van der Waals surface area contributed by atoms with Crippen LogP contribution in [-0.2, 0) is 4.79 Å². The van der Waals surface area contributed by atoms with Crippen LogP contribution in [0, 0.1) is 5.41 Å². The first-order valence-corrected chi connectivity index (χ1v) is 7.15. The topological polar surface area (TPSA) is 69.8 Å². The molecule has 0 aromatic carbocycles. The van der Waals surface area contributed by atoms with Gasteiger partial charge in [-0.25, -0.2) is 0 Å². The van der Waals surface area contributed by atoms with Crippen LogP contribution in [0.5, 0.6) is 0 Å². The lowest BCUT2D eigenvalue weighted by Crippen LogP contribution is -2.38. The summed E-state index contributed by atoms with van der Waals surface area (Å²) in [4.78, 5) is 12.5. The minimum Gasteiger partial charge on any atom is -0.316 e. The number of carbonyl (C=O) groups excluding carboxylic acids is 1. The highest BCUT2D eigenvalue weighted by Gasteiger charge is 2.40. The number of carbonyl (C=O) groups is 1. The van der Waals surface area contributed by atoms with Crippen LogP contribution in [0.15, 0.2) is 6.07 Å². The molecule has 5 heteroatoms. The van der Waals surface area contributed by atoms with E-state index in [2.05, 4.69) is 41.6 Å². The zero-order chi connectivity index (χ0) is 13.9. The average Bonchev–Trinajstić information content (AvgIpc) is 2.99. The third kappa shape index (κ3) is 2.97. The Labute approximate surface area is 114 Å². The predicted octanol–water partition coefficient (Wildman–Crippen LogP) is 2.25. The van der Waals surface area contributed by atoms with E-state index in [9.17, 15) is 4.79 Å². The monoisotopic (exact) mass is 264 g/mol. The van der Waals surface area contributed by atoms with E-state index >= 15 is 0 Å². The maximum absolute atomic E-state index is 12.5. The molecule has 0 bridgehead atoms. The summed E-state index contributed by atoms with van der Waals surface area (Å²) >= 11 is 0. The quantitative estimate of drug-likeness (QED) is 0.764. The van der Waals surface area contributed by atoms with Crippen molar-refractivity contribution in [2.75, 3.05) is 18.4 Å². The Hall–Kier alpha value is -1.36. The molecular formula is C14H24N4O. The van der Waals surface area contributed by atoms with Gasteiger partial charge in [0.1, 0.15) is 0 Å². The molecule has 1 aliphatic rings. The minimum atomic E-state index is -0.258. The summed E-state index contributed by atoms with van der Waals surface area (Å²) in [7, 11) is 0. The van der Waals surface area contributed by atoms with Crippen molar-refractivity contribution < 1.29 is 4.79 Å². The van der Waals surface area contributed by atoms with Crippen LogP contribution in [0.25, 0.3) is 0 Å². The van der Waals surface area contributed by atoms with Crippen molar-refractivity contribution >= 4 is 11.7 Å². The Morgan fingerprint density at radius 2 is 2.37 bits per heavy atom. The van der Waals surface area contributed by atoms with Crippen molar-refractivity contribution in [3.05, 3.63) is 11.8 Å². The van der Waals surface area contributed by atoms with E-state index in [0.29, 0.717) is 11.7 Å². The van der Waals surface area contributed by atoms with Crippen molar-refractivity contribution in [3.8, 4) is 0 Å². The Bertz CT molecular complexity index is 432. The molecule has 3 N–H and O–H groups in total. The fourth-order valence-corrected chi connectivity index (χ4v) is 2.69. The van der Waals surface area contributed by atoms with Gasteiger partial charge in [-0.2, -0.15) is 5.10 Å². The van der Waals surface area contributed by atoms with Gasteiger partial charge in [0.15, 0.2) is 5.82 Å². The van der Waals surface area contributed by atoms with Crippen molar-refractivity contribution in [2.45, 2.75) is 46.0 Å². The third-order valence-electron chi connectivity index (χ3n) is 3.92. The van der Waals surface area contributed by atoms with E-state index in [1.807, 2.05) is 6.07 Å². The zero-order valence-corrected chi connectivity index (χ0v) is 12.0.